The first-order valence-electron chi connectivity index (χ1n) is 9.94. The van der Waals surface area contributed by atoms with Crippen LogP contribution in [0.5, 0.6) is 0 Å². The van der Waals surface area contributed by atoms with Crippen LogP contribution in [0.25, 0.3) is 0 Å². The van der Waals surface area contributed by atoms with Crippen LogP contribution in [0, 0.1) is 22.7 Å². The van der Waals surface area contributed by atoms with Gasteiger partial charge in [0.1, 0.15) is 0 Å². The van der Waals surface area contributed by atoms with Gasteiger partial charge >= 0.3 is 0 Å². The van der Waals surface area contributed by atoms with Gasteiger partial charge in [-0.1, -0.05) is 20.8 Å². The Morgan fingerprint density at radius 2 is 1.68 bits per heavy atom. The minimum atomic E-state index is -0.653. The fourth-order valence-electron chi connectivity index (χ4n) is 6.70. The summed E-state index contributed by atoms with van der Waals surface area (Å²) in [6.07, 6.45) is 5.15. The number of aliphatic hydroxyl groups excluding tert-OH is 4. The van der Waals surface area contributed by atoms with E-state index in [1.807, 2.05) is 6.92 Å². The molecular weight excluding hydrogens is 320 g/mol. The molecule has 3 fully saturated rings. The van der Waals surface area contributed by atoms with E-state index in [0.29, 0.717) is 18.8 Å². The van der Waals surface area contributed by atoms with Crippen molar-refractivity contribution < 1.29 is 25.2 Å². The highest BCUT2D eigenvalue weighted by molar-refractivity contribution is 5.17. The van der Waals surface area contributed by atoms with E-state index < -0.39 is 17.1 Å². The first-order chi connectivity index (χ1) is 11.7. The lowest BCUT2D eigenvalue weighted by Crippen LogP contribution is -2.66. The molecule has 5 nitrogen and oxygen atoms in total. The zero-order chi connectivity index (χ0) is 18.5. The van der Waals surface area contributed by atoms with Gasteiger partial charge in [0.05, 0.1) is 30.5 Å². The molecule has 0 amide bonds. The molecule has 0 aromatic rings. The molecule has 2 saturated carbocycles. The normalized spacial score (nSPS) is 53.2. The SMILES string of the molecule is C[C@@H]1CC[C@@H]2[C@](C)(CO)[C@@H](O)CC[C@]2(C)[C@]12CC[C@@](CO)(CCO)O2. The summed E-state index contributed by atoms with van der Waals surface area (Å²) in [5.41, 5.74) is -1.66. The van der Waals surface area contributed by atoms with Crippen LogP contribution in [0.3, 0.4) is 0 Å². The number of aliphatic hydroxyl groups is 4. The molecule has 0 unspecified atom stereocenters. The van der Waals surface area contributed by atoms with Crippen molar-refractivity contribution in [3.63, 3.8) is 0 Å². The van der Waals surface area contributed by atoms with E-state index >= 15 is 0 Å². The summed E-state index contributed by atoms with van der Waals surface area (Å²) in [6.45, 7) is 6.47. The second kappa shape index (κ2) is 6.45. The van der Waals surface area contributed by atoms with Crippen LogP contribution >= 0.6 is 0 Å². The predicted octanol–water partition coefficient (Wildman–Crippen LogP) is 1.85. The summed E-state index contributed by atoms with van der Waals surface area (Å²) < 4.78 is 6.75. The summed E-state index contributed by atoms with van der Waals surface area (Å²) in [5.74, 6) is 0.549. The van der Waals surface area contributed by atoms with Crippen LogP contribution < -0.4 is 0 Å². The number of rotatable bonds is 4. The van der Waals surface area contributed by atoms with Crippen LogP contribution in [0.2, 0.25) is 0 Å². The molecule has 0 aromatic heterocycles. The second-order valence-corrected chi connectivity index (χ2v) is 9.47. The van der Waals surface area contributed by atoms with E-state index in [-0.39, 0.29) is 36.8 Å². The van der Waals surface area contributed by atoms with Gasteiger partial charge < -0.3 is 25.2 Å². The molecule has 5 heteroatoms. The van der Waals surface area contributed by atoms with Crippen LogP contribution in [-0.4, -0.2) is 57.6 Å². The van der Waals surface area contributed by atoms with Crippen molar-refractivity contribution in [2.24, 2.45) is 22.7 Å². The van der Waals surface area contributed by atoms with Crippen molar-refractivity contribution in [3.8, 4) is 0 Å². The molecule has 0 radical (unpaired) electrons. The monoisotopic (exact) mass is 356 g/mol. The number of ether oxygens (including phenoxy) is 1. The zero-order valence-electron chi connectivity index (χ0n) is 16.0. The van der Waals surface area contributed by atoms with E-state index in [1.165, 1.54) is 0 Å². The standard InChI is InChI=1S/C20H36O5/c1-14-4-5-15-17(2,12-22)16(24)6-7-18(15,3)20(14)9-8-19(13-23,25-20)10-11-21/h14-16,21-24H,4-13H2,1-3H3/t14-,15-,16+,17+,18+,19+,20+/m1/s1. The minimum Gasteiger partial charge on any atom is -0.396 e. The van der Waals surface area contributed by atoms with Crippen LogP contribution in [0.4, 0.5) is 0 Å². The van der Waals surface area contributed by atoms with Crippen molar-refractivity contribution in [3.05, 3.63) is 0 Å². The van der Waals surface area contributed by atoms with E-state index in [1.54, 1.807) is 0 Å². The van der Waals surface area contributed by atoms with E-state index in [2.05, 4.69) is 13.8 Å². The summed E-state index contributed by atoms with van der Waals surface area (Å²) in [7, 11) is 0. The molecule has 4 N–H and O–H groups in total. The second-order valence-electron chi connectivity index (χ2n) is 9.47. The van der Waals surface area contributed by atoms with Crippen LogP contribution in [-0.2, 0) is 4.74 Å². The van der Waals surface area contributed by atoms with E-state index in [0.717, 1.165) is 32.1 Å². The zero-order valence-corrected chi connectivity index (χ0v) is 16.0. The third-order valence-corrected chi connectivity index (χ3v) is 8.46. The lowest BCUT2D eigenvalue weighted by atomic mass is 9.43. The molecule has 7 atom stereocenters. The molecule has 3 rings (SSSR count). The van der Waals surface area contributed by atoms with Gasteiger partial charge in [-0.2, -0.15) is 0 Å². The molecule has 1 heterocycles. The highest BCUT2D eigenvalue weighted by atomic mass is 16.5. The Hall–Kier alpha value is -0.200. The van der Waals surface area contributed by atoms with Gasteiger partial charge in [0.2, 0.25) is 0 Å². The Balaban J connectivity index is 2.02. The lowest BCUT2D eigenvalue weighted by Gasteiger charge is -2.65. The topological polar surface area (TPSA) is 90.2 Å². The Labute approximate surface area is 151 Å². The summed E-state index contributed by atoms with van der Waals surface area (Å²) in [6, 6.07) is 0. The Kier molecular flexibility index (Phi) is 5.05. The van der Waals surface area contributed by atoms with Crippen LogP contribution in [0.1, 0.15) is 65.7 Å². The highest BCUT2D eigenvalue weighted by Crippen LogP contribution is 2.67. The third kappa shape index (κ3) is 2.53. The first-order valence-corrected chi connectivity index (χ1v) is 9.94. The fraction of sp³-hybridized carbons (Fsp3) is 1.00. The van der Waals surface area contributed by atoms with Gasteiger partial charge in [0, 0.05) is 23.9 Å². The summed E-state index contributed by atoms with van der Waals surface area (Å²) >= 11 is 0. The van der Waals surface area contributed by atoms with Gasteiger partial charge in [-0.3, -0.25) is 0 Å². The molecule has 3 aliphatic rings. The molecule has 146 valence electrons. The largest absolute Gasteiger partial charge is 0.396 e. The maximum atomic E-state index is 10.6. The maximum absolute atomic E-state index is 10.6. The summed E-state index contributed by atoms with van der Waals surface area (Å²) in [5, 5.41) is 40.2. The average molecular weight is 357 g/mol. The van der Waals surface area contributed by atoms with Gasteiger partial charge in [-0.15, -0.1) is 0 Å². The number of hydrogen-bond acceptors (Lipinski definition) is 5. The fourth-order valence-corrected chi connectivity index (χ4v) is 6.70. The van der Waals surface area contributed by atoms with Crippen molar-refractivity contribution in [1.82, 2.24) is 0 Å². The van der Waals surface area contributed by atoms with E-state index in [4.69, 9.17) is 4.74 Å². The van der Waals surface area contributed by atoms with Gasteiger partial charge in [0.25, 0.3) is 0 Å². The van der Waals surface area contributed by atoms with Crippen molar-refractivity contribution in [2.75, 3.05) is 19.8 Å². The van der Waals surface area contributed by atoms with Crippen LogP contribution in [0.15, 0.2) is 0 Å². The smallest absolute Gasteiger partial charge is 0.0942 e. The molecule has 0 bridgehead atoms. The first kappa shape index (κ1) is 19.6. The average Bonchev–Trinajstić information content (AvgIpc) is 2.99. The van der Waals surface area contributed by atoms with Gasteiger partial charge in [-0.05, 0) is 50.4 Å². The molecule has 1 aliphatic heterocycles. The molecular formula is C20H36O5. The molecule has 1 spiro atoms. The Bertz CT molecular complexity index is 498. The highest BCUT2D eigenvalue weighted by Gasteiger charge is 2.68. The lowest BCUT2D eigenvalue weighted by molar-refractivity contribution is -0.272. The predicted molar refractivity (Wildman–Crippen MR) is 95.0 cm³/mol. The van der Waals surface area contributed by atoms with Crippen molar-refractivity contribution >= 4 is 0 Å². The molecule has 25 heavy (non-hydrogen) atoms. The van der Waals surface area contributed by atoms with Gasteiger partial charge in [-0.25, -0.2) is 0 Å². The van der Waals surface area contributed by atoms with E-state index in [9.17, 15) is 20.4 Å². The maximum Gasteiger partial charge on any atom is 0.0942 e. The third-order valence-electron chi connectivity index (χ3n) is 8.46. The number of hydrogen-bond donors (Lipinski definition) is 4. The minimum absolute atomic E-state index is 0.0121. The van der Waals surface area contributed by atoms with Gasteiger partial charge in [0.15, 0.2) is 0 Å². The van der Waals surface area contributed by atoms with Crippen molar-refractivity contribution in [1.29, 1.82) is 0 Å². The summed E-state index contributed by atoms with van der Waals surface area (Å²) in [4.78, 5) is 0. The Morgan fingerprint density at radius 1 is 0.960 bits per heavy atom. The molecule has 2 aliphatic carbocycles. The molecule has 1 saturated heterocycles. The quantitative estimate of drug-likeness (QED) is 0.617. The molecule has 0 aromatic carbocycles. The van der Waals surface area contributed by atoms with Crippen molar-refractivity contribution in [2.45, 2.75) is 83.0 Å². The number of fused-ring (bicyclic) bond motifs is 2. The Morgan fingerprint density at radius 3 is 2.28 bits per heavy atom.